The molecule has 0 saturated heterocycles. The van der Waals surface area contributed by atoms with Crippen LogP contribution in [0.5, 0.6) is 0 Å². The second-order valence-corrected chi connectivity index (χ2v) is 11.1. The van der Waals surface area contributed by atoms with Crippen molar-refractivity contribution in [3.05, 3.63) is 0 Å². The maximum absolute atomic E-state index is 9.75. The third kappa shape index (κ3) is 112. The summed E-state index contributed by atoms with van der Waals surface area (Å²) in [5, 5.41) is 0. The van der Waals surface area contributed by atoms with Crippen LogP contribution < -0.4 is 0 Å². The van der Waals surface area contributed by atoms with Gasteiger partial charge >= 0.3 is 29.0 Å². The van der Waals surface area contributed by atoms with E-state index in [1.165, 1.54) is 140 Å². The van der Waals surface area contributed by atoms with Gasteiger partial charge in [0.25, 0.3) is 0 Å². The third-order valence-electron chi connectivity index (χ3n) is 6.15. The highest BCUT2D eigenvalue weighted by Gasteiger charge is 2.22. The summed E-state index contributed by atoms with van der Waals surface area (Å²) in [6, 6.07) is 0. The number of nitrogens with zero attached hydrogens (tertiary/aromatic N) is 1. The lowest BCUT2D eigenvalue weighted by molar-refractivity contribution is -0.910. The molecule has 0 aromatic carbocycles. The number of unbranched alkanes of at least 4 members (excludes halogenated alkanes) is 15. The van der Waals surface area contributed by atoms with Gasteiger partial charge < -0.3 is 73.5 Å². The van der Waals surface area contributed by atoms with Gasteiger partial charge in [-0.25, -0.2) is 0 Å². The number of halogens is 16. The minimum Gasteiger partial charge on any atom is -0.418 e. The normalized spacial score (nSPS) is 12.0. The first-order valence-electron chi connectivity index (χ1n) is 16.0. The van der Waals surface area contributed by atoms with Gasteiger partial charge in [0.1, 0.15) is 0 Å². The smallest absolute Gasteiger partial charge is 0.418 e. The zero-order valence-corrected chi connectivity index (χ0v) is 27.7. The van der Waals surface area contributed by atoms with E-state index in [1.54, 1.807) is 0 Å². The molecule has 0 rings (SSSR count). The predicted molar refractivity (Wildman–Crippen MR) is 162 cm³/mol. The molecule has 0 spiro atoms. The van der Waals surface area contributed by atoms with Gasteiger partial charge in [-0.3, -0.25) is 0 Å². The van der Waals surface area contributed by atoms with Crippen molar-refractivity contribution in [1.29, 1.82) is 0 Å². The van der Waals surface area contributed by atoms with Crippen LogP contribution in [0.4, 0.5) is 69.1 Å². The molecule has 0 radical (unpaired) electrons. The first kappa shape index (κ1) is 54.5. The van der Waals surface area contributed by atoms with Crippen LogP contribution >= 0.6 is 0 Å². The van der Waals surface area contributed by atoms with Crippen LogP contribution in [0.3, 0.4) is 0 Å². The van der Waals surface area contributed by atoms with E-state index in [1.807, 2.05) is 0 Å². The lowest BCUT2D eigenvalue weighted by atomic mass is 10.1. The van der Waals surface area contributed by atoms with Crippen LogP contribution in [0.1, 0.15) is 136 Å². The number of hydrogen-bond donors (Lipinski definition) is 0. The highest BCUT2D eigenvalue weighted by molar-refractivity contribution is 6.50. The van der Waals surface area contributed by atoms with Gasteiger partial charge in [0, 0.05) is 0 Å². The van der Waals surface area contributed by atoms with E-state index in [0.717, 1.165) is 0 Å². The molecule has 0 aromatic heterocycles. The average molecular weight is 716 g/mol. The van der Waals surface area contributed by atoms with Gasteiger partial charge in [-0.2, -0.15) is 0 Å². The van der Waals surface area contributed by atoms with Gasteiger partial charge in [0.2, 0.25) is 0 Å². The molecule has 0 aliphatic carbocycles. The summed E-state index contributed by atoms with van der Waals surface area (Å²) in [5.74, 6) is 0. The van der Waals surface area contributed by atoms with Crippen LogP contribution in [0, 0.1) is 0 Å². The van der Waals surface area contributed by atoms with Crippen molar-refractivity contribution < 1.29 is 73.5 Å². The Kier molecular flexibility index (Phi) is 38.7. The first-order valence-corrected chi connectivity index (χ1v) is 16.0. The molecular formula is C25H54B4F16N-3. The quantitative estimate of drug-likeness (QED) is 0.0480. The van der Waals surface area contributed by atoms with Gasteiger partial charge in [-0.05, 0) is 38.5 Å². The second-order valence-electron chi connectivity index (χ2n) is 11.1. The Labute approximate surface area is 266 Å². The molecule has 0 unspecified atom stereocenters. The molecule has 46 heavy (non-hydrogen) atoms. The Hall–Kier alpha value is -0.900. The Morgan fingerprint density at radius 3 is 0.565 bits per heavy atom. The van der Waals surface area contributed by atoms with E-state index in [4.69, 9.17) is 0 Å². The SMILES string of the molecule is CCCCCCCC[N+](C)(CCCCCCCC)CCCCCCCC.F[B-](F)(F)F.F[B-](F)(F)F.F[B-](F)(F)F.F[B-](F)(F)F. The molecule has 0 saturated carbocycles. The topological polar surface area (TPSA) is 0 Å². The standard InChI is InChI=1S/C25H54N.4BF4/c1-5-8-11-14-17-20-23-26(4,24-21-18-15-12-9-6-2)25-22-19-16-13-10-7-3;4*2-1(3,4)5/h5-25H2,1-4H3;;;;/q+1;4*-1. The molecule has 0 fully saturated rings. The lowest BCUT2D eigenvalue weighted by Crippen LogP contribution is -2.46. The van der Waals surface area contributed by atoms with E-state index in [2.05, 4.69) is 27.8 Å². The van der Waals surface area contributed by atoms with Crippen molar-refractivity contribution in [2.45, 2.75) is 136 Å². The molecular weight excluding hydrogens is 661 g/mol. The molecule has 0 atom stereocenters. The Bertz CT molecular complexity index is 492. The molecule has 0 amide bonds. The van der Waals surface area contributed by atoms with Crippen molar-refractivity contribution in [2.75, 3.05) is 26.7 Å². The van der Waals surface area contributed by atoms with Crippen molar-refractivity contribution in [3.8, 4) is 0 Å². The van der Waals surface area contributed by atoms with Crippen molar-refractivity contribution in [3.63, 3.8) is 0 Å². The minimum atomic E-state index is -6.00. The third-order valence-corrected chi connectivity index (χ3v) is 6.15. The molecule has 0 heterocycles. The lowest BCUT2D eigenvalue weighted by Gasteiger charge is -2.35. The zero-order valence-electron chi connectivity index (χ0n) is 27.7. The number of rotatable bonds is 21. The van der Waals surface area contributed by atoms with Crippen molar-refractivity contribution in [1.82, 2.24) is 0 Å². The fraction of sp³-hybridized carbons (Fsp3) is 1.00. The summed E-state index contributed by atoms with van der Waals surface area (Å²) in [6.45, 7) is 11.2. The Balaban J connectivity index is -0.000000224. The molecule has 0 N–H and O–H groups in total. The molecule has 0 aliphatic rings. The summed E-state index contributed by atoms with van der Waals surface area (Å²) in [7, 11) is -21.4. The van der Waals surface area contributed by atoms with Crippen molar-refractivity contribution in [2.24, 2.45) is 0 Å². The number of quaternary nitrogens is 1. The van der Waals surface area contributed by atoms with Crippen molar-refractivity contribution >= 4 is 29.0 Å². The van der Waals surface area contributed by atoms with Crippen LogP contribution in [0.15, 0.2) is 0 Å². The molecule has 0 aromatic rings. The zero-order chi connectivity index (χ0) is 37.3. The van der Waals surface area contributed by atoms with Crippen LogP contribution in [-0.2, 0) is 0 Å². The van der Waals surface area contributed by atoms with Crippen LogP contribution in [-0.4, -0.2) is 60.2 Å². The van der Waals surface area contributed by atoms with Gasteiger partial charge in [0.15, 0.2) is 0 Å². The highest BCUT2D eigenvalue weighted by Crippen LogP contribution is 2.16. The molecule has 0 aliphatic heterocycles. The summed E-state index contributed by atoms with van der Waals surface area (Å²) in [5.41, 5.74) is 0. The monoisotopic (exact) mass is 716 g/mol. The summed E-state index contributed by atoms with van der Waals surface area (Å²) >= 11 is 0. The Morgan fingerprint density at radius 2 is 0.413 bits per heavy atom. The van der Waals surface area contributed by atoms with E-state index in [0.29, 0.717) is 0 Å². The van der Waals surface area contributed by atoms with Gasteiger partial charge in [-0.1, -0.05) is 97.8 Å². The number of hydrogen-bond acceptors (Lipinski definition) is 0. The van der Waals surface area contributed by atoms with E-state index < -0.39 is 29.0 Å². The first-order chi connectivity index (χ1) is 20.7. The summed E-state index contributed by atoms with van der Waals surface area (Å²) < 4.78 is 157. The van der Waals surface area contributed by atoms with Gasteiger partial charge in [0.05, 0.1) is 26.7 Å². The average Bonchev–Trinajstić information content (AvgIpc) is 2.82. The molecule has 0 bridgehead atoms. The van der Waals surface area contributed by atoms with E-state index >= 15 is 0 Å². The Morgan fingerprint density at radius 1 is 0.283 bits per heavy atom. The van der Waals surface area contributed by atoms with Crippen LogP contribution in [0.25, 0.3) is 0 Å². The predicted octanol–water partition coefficient (Wildman–Crippen LogP) is 13.7. The largest absolute Gasteiger partial charge is 0.673 e. The fourth-order valence-corrected chi connectivity index (χ4v) is 4.16. The maximum atomic E-state index is 9.75. The molecule has 286 valence electrons. The second kappa shape index (κ2) is 32.6. The summed E-state index contributed by atoms with van der Waals surface area (Å²) in [4.78, 5) is 0. The van der Waals surface area contributed by atoms with E-state index in [-0.39, 0.29) is 0 Å². The molecule has 1 nitrogen and oxygen atoms in total. The van der Waals surface area contributed by atoms with E-state index in [9.17, 15) is 69.1 Å². The molecule has 21 heteroatoms. The minimum absolute atomic E-state index is 1.36. The fourth-order valence-electron chi connectivity index (χ4n) is 4.16. The van der Waals surface area contributed by atoms with Gasteiger partial charge in [-0.15, -0.1) is 0 Å². The highest BCUT2D eigenvalue weighted by atomic mass is 19.5. The van der Waals surface area contributed by atoms with Crippen LogP contribution in [0.2, 0.25) is 0 Å². The maximum Gasteiger partial charge on any atom is 0.673 e. The summed E-state index contributed by atoms with van der Waals surface area (Å²) in [6.07, 6.45) is 25.9.